The number of likely N-dealkylation sites (N-methyl/N-ethyl adjacent to an activating group) is 1. The monoisotopic (exact) mass is 532 g/mol. The fraction of sp³-hybridized carbons (Fsp3) is 0.429. The molecular weight excluding hydrogens is 496 g/mol. The highest BCUT2D eigenvalue weighted by molar-refractivity contribution is 6.13. The number of aromatic nitrogens is 4. The summed E-state index contributed by atoms with van der Waals surface area (Å²) in [7, 11) is 3.45. The Bertz CT molecular complexity index is 1460. The van der Waals surface area contributed by atoms with Crippen molar-refractivity contribution in [3.05, 3.63) is 53.0 Å². The summed E-state index contributed by atoms with van der Waals surface area (Å²) < 4.78 is 1.70. The maximum atomic E-state index is 13.6. The number of rotatable bonds is 7. The van der Waals surface area contributed by atoms with Gasteiger partial charge in [0.2, 0.25) is 11.8 Å². The highest BCUT2D eigenvalue weighted by Crippen LogP contribution is 2.30. The van der Waals surface area contributed by atoms with Gasteiger partial charge in [-0.15, -0.1) is 0 Å². The van der Waals surface area contributed by atoms with Crippen molar-refractivity contribution < 1.29 is 14.4 Å². The van der Waals surface area contributed by atoms with E-state index in [9.17, 15) is 14.4 Å². The van der Waals surface area contributed by atoms with Gasteiger partial charge in [0.1, 0.15) is 12.1 Å². The molecular formula is C28H36N8O3. The molecule has 2 aromatic heterocycles. The number of nitrogens with zero attached hydrogens (tertiary/aromatic N) is 6. The van der Waals surface area contributed by atoms with Crippen molar-refractivity contribution in [3.63, 3.8) is 0 Å². The summed E-state index contributed by atoms with van der Waals surface area (Å²) in [4.78, 5) is 50.4. The van der Waals surface area contributed by atoms with E-state index in [4.69, 9.17) is 5.73 Å². The van der Waals surface area contributed by atoms with Crippen molar-refractivity contribution in [1.82, 2.24) is 29.5 Å². The lowest BCUT2D eigenvalue weighted by molar-refractivity contribution is -0.129. The number of hydrogen-bond acceptors (Lipinski definition) is 7. The van der Waals surface area contributed by atoms with Gasteiger partial charge in [0.25, 0.3) is 5.91 Å². The van der Waals surface area contributed by atoms with Crippen molar-refractivity contribution in [2.24, 2.45) is 0 Å². The minimum absolute atomic E-state index is 0.00348. The van der Waals surface area contributed by atoms with Crippen LogP contribution in [0.4, 0.5) is 11.5 Å². The summed E-state index contributed by atoms with van der Waals surface area (Å²) in [5, 5.41) is 8.00. The van der Waals surface area contributed by atoms with Gasteiger partial charge in [-0.1, -0.05) is 19.6 Å². The molecule has 1 fully saturated rings. The van der Waals surface area contributed by atoms with Crippen molar-refractivity contribution >= 4 is 40.3 Å². The van der Waals surface area contributed by atoms with Gasteiger partial charge < -0.3 is 20.9 Å². The molecule has 3 amide bonds. The zero-order valence-corrected chi connectivity index (χ0v) is 23.2. The molecule has 11 heteroatoms. The maximum Gasteiger partial charge on any atom is 0.277 e. The van der Waals surface area contributed by atoms with Gasteiger partial charge >= 0.3 is 0 Å². The third-order valence-electron chi connectivity index (χ3n) is 7.48. The third kappa shape index (κ3) is 5.47. The first-order valence-corrected chi connectivity index (χ1v) is 13.1. The number of amides is 3. The molecule has 1 atom stereocenters. The molecule has 0 spiro atoms. The van der Waals surface area contributed by atoms with Crippen LogP contribution in [0.2, 0.25) is 0 Å². The van der Waals surface area contributed by atoms with Crippen LogP contribution in [0.5, 0.6) is 0 Å². The predicted octanol–water partition coefficient (Wildman–Crippen LogP) is 3.04. The minimum atomic E-state index is -0.442. The highest BCUT2D eigenvalue weighted by Gasteiger charge is 2.30. The molecule has 1 saturated heterocycles. The van der Waals surface area contributed by atoms with Crippen LogP contribution in [0.3, 0.4) is 0 Å². The van der Waals surface area contributed by atoms with Crippen molar-refractivity contribution in [3.8, 4) is 0 Å². The molecule has 3 N–H and O–H groups in total. The van der Waals surface area contributed by atoms with Crippen LogP contribution in [0.15, 0.2) is 30.6 Å². The lowest BCUT2D eigenvalue weighted by atomic mass is 9.98. The average Bonchev–Trinajstić information content (AvgIpc) is 3.33. The first kappa shape index (κ1) is 27.7. The molecule has 1 unspecified atom stereocenters. The zero-order chi connectivity index (χ0) is 28.4. The van der Waals surface area contributed by atoms with E-state index in [1.807, 2.05) is 26.8 Å². The Balaban J connectivity index is 1.65. The number of carbonyl (C=O) groups is 3. The summed E-state index contributed by atoms with van der Waals surface area (Å²) >= 11 is 0. The van der Waals surface area contributed by atoms with Crippen LogP contribution in [0.1, 0.15) is 59.4 Å². The lowest BCUT2D eigenvalue weighted by Crippen LogP contribution is -2.41. The van der Waals surface area contributed by atoms with Crippen molar-refractivity contribution in [2.75, 3.05) is 38.2 Å². The minimum Gasteiger partial charge on any atom is -0.383 e. The van der Waals surface area contributed by atoms with Gasteiger partial charge in [-0.25, -0.2) is 14.6 Å². The molecule has 1 aromatic carbocycles. The van der Waals surface area contributed by atoms with Gasteiger partial charge in [0, 0.05) is 38.4 Å². The average molecular weight is 533 g/mol. The quantitative estimate of drug-likeness (QED) is 0.446. The summed E-state index contributed by atoms with van der Waals surface area (Å²) in [5.74, 6) is -0.343. The van der Waals surface area contributed by atoms with Gasteiger partial charge in [0.05, 0.1) is 17.8 Å². The van der Waals surface area contributed by atoms with E-state index in [0.717, 1.165) is 29.5 Å². The lowest BCUT2D eigenvalue weighted by Gasteiger charge is -2.33. The largest absolute Gasteiger partial charge is 0.383 e. The van der Waals surface area contributed by atoms with Crippen molar-refractivity contribution in [2.45, 2.75) is 52.5 Å². The van der Waals surface area contributed by atoms with E-state index in [1.54, 1.807) is 34.6 Å². The number of nitrogens with one attached hydrogen (secondary N) is 1. The van der Waals surface area contributed by atoms with E-state index in [2.05, 4.69) is 27.0 Å². The Morgan fingerprint density at radius 2 is 1.92 bits per heavy atom. The first-order valence-electron chi connectivity index (χ1n) is 13.1. The number of benzene rings is 1. The molecule has 3 heterocycles. The number of fused-ring (bicyclic) bond motifs is 1. The van der Waals surface area contributed by atoms with Crippen molar-refractivity contribution in [1.29, 1.82) is 0 Å². The number of carbonyl (C=O) groups excluding carboxylic acids is 3. The number of piperidine rings is 1. The van der Waals surface area contributed by atoms with E-state index >= 15 is 0 Å². The zero-order valence-electron chi connectivity index (χ0n) is 23.2. The van der Waals surface area contributed by atoms with Crippen LogP contribution >= 0.6 is 0 Å². The van der Waals surface area contributed by atoms with Crippen LogP contribution in [0, 0.1) is 13.8 Å². The predicted molar refractivity (Wildman–Crippen MR) is 150 cm³/mol. The van der Waals surface area contributed by atoms with Crippen LogP contribution in [-0.2, 0) is 16.0 Å². The van der Waals surface area contributed by atoms with E-state index in [-0.39, 0.29) is 35.8 Å². The molecule has 39 heavy (non-hydrogen) atoms. The van der Waals surface area contributed by atoms with Crippen LogP contribution in [0.25, 0.3) is 11.0 Å². The molecule has 1 aliphatic heterocycles. The fourth-order valence-corrected chi connectivity index (χ4v) is 4.83. The molecule has 0 radical (unpaired) electrons. The van der Waals surface area contributed by atoms with Gasteiger partial charge in [-0.05, 0) is 55.9 Å². The standard InChI is InChI=1S/C28H36N8O3/c1-7-16(2)28(39)35-12-8-9-20(14-35)36-26-23(25(29)30-15-31-26)24(33-36)27(38)32-21-11-10-19(17(3)18(21)4)13-22(37)34(5)6/h10-11,15,20H,2,7-9,12-14H2,1,3-6H3,(H,32,38)(H2,29,30,31). The summed E-state index contributed by atoms with van der Waals surface area (Å²) in [6, 6.07) is 3.47. The molecule has 11 nitrogen and oxygen atoms in total. The Labute approximate surface area is 228 Å². The van der Waals surface area contributed by atoms with Crippen LogP contribution < -0.4 is 11.1 Å². The number of hydrogen-bond donors (Lipinski definition) is 2. The molecule has 3 aromatic rings. The maximum absolute atomic E-state index is 13.6. The van der Waals surface area contributed by atoms with Gasteiger partial charge in [-0.3, -0.25) is 14.4 Å². The Morgan fingerprint density at radius 3 is 2.62 bits per heavy atom. The smallest absolute Gasteiger partial charge is 0.277 e. The first-order chi connectivity index (χ1) is 18.5. The van der Waals surface area contributed by atoms with E-state index in [0.29, 0.717) is 41.8 Å². The number of nitrogens with two attached hydrogens (primary N) is 1. The molecule has 1 aliphatic rings. The fourth-order valence-electron chi connectivity index (χ4n) is 4.83. The Kier molecular flexibility index (Phi) is 7.98. The van der Waals surface area contributed by atoms with E-state index in [1.165, 1.54) is 6.33 Å². The third-order valence-corrected chi connectivity index (χ3v) is 7.48. The van der Waals surface area contributed by atoms with Gasteiger partial charge in [-0.2, -0.15) is 5.10 Å². The Hall–Kier alpha value is -4.28. The summed E-state index contributed by atoms with van der Waals surface area (Å²) in [5.41, 5.74) is 10.7. The summed E-state index contributed by atoms with van der Waals surface area (Å²) in [6.45, 7) is 10.7. The SMILES string of the molecule is C=C(CC)C(=O)N1CCCC(n2nc(C(=O)Nc3ccc(CC(=O)N(C)C)c(C)c3C)c3c(N)ncnc32)C1. The van der Waals surface area contributed by atoms with Crippen LogP contribution in [-0.4, -0.2) is 74.5 Å². The molecule has 0 aliphatic carbocycles. The molecule has 206 valence electrons. The molecule has 4 rings (SSSR count). The second-order valence-corrected chi connectivity index (χ2v) is 10.2. The second-order valence-electron chi connectivity index (χ2n) is 10.2. The number of nitrogen functional groups attached to an aromatic ring is 1. The number of anilines is 2. The second kappa shape index (κ2) is 11.2. The normalized spacial score (nSPS) is 15.3. The van der Waals surface area contributed by atoms with E-state index < -0.39 is 5.91 Å². The molecule has 0 bridgehead atoms. The Morgan fingerprint density at radius 1 is 1.18 bits per heavy atom. The highest BCUT2D eigenvalue weighted by atomic mass is 16.2. The molecule has 0 saturated carbocycles. The van der Waals surface area contributed by atoms with Gasteiger partial charge in [0.15, 0.2) is 11.3 Å². The summed E-state index contributed by atoms with van der Waals surface area (Å²) in [6.07, 6.45) is 3.78. The topological polar surface area (TPSA) is 139 Å². The number of likely N-dealkylation sites (tertiary alicyclic amines) is 1.